The fourth-order valence-corrected chi connectivity index (χ4v) is 12.6. The average molecular weight is 811 g/mol. The lowest BCUT2D eigenvalue weighted by Crippen LogP contribution is -2.62. The minimum atomic E-state index is -4.07. The highest BCUT2D eigenvalue weighted by molar-refractivity contribution is 7.90. The maximum Gasteiger partial charge on any atom is 0.264 e. The molecule has 4 heterocycles. The molecule has 1 amide bonds. The van der Waals surface area contributed by atoms with Gasteiger partial charge in [-0.05, 0) is 104 Å². The maximum absolute atomic E-state index is 14.1. The second-order valence-corrected chi connectivity index (χ2v) is 19.6. The number of allylic oxidation sites excluding steroid dienone is 1. The van der Waals surface area contributed by atoms with E-state index in [-0.39, 0.29) is 30.3 Å². The molecule has 3 fully saturated rings. The van der Waals surface area contributed by atoms with Crippen molar-refractivity contribution in [3.63, 3.8) is 0 Å². The highest BCUT2D eigenvalue weighted by atomic mass is 35.5. The standard InChI is InChI=1S/C43H59ClN4O7S/c1-30-6-4-16-43(53-3,28-46-17-18-47-19-21-54-26-35(47)25-46)37-11-8-33(37)24-48-27-42(15-5-7-31-22-34(44)10-12-36(31)42)29-55-39-13-9-32(23-38(39)48)41(49)45-56(50,51)40(30)14-20-52-2/h4,9-10,12-13,16,22-23,30,33,35,37,40H,5-8,11,14-15,17-21,24-29H2,1-3H3,(H,45,49)/b16-4-/t30-,33-,35-,37+,40+,42-,43+/m0/s1. The van der Waals surface area contributed by atoms with Crippen LogP contribution in [-0.4, -0.2) is 127 Å². The third-order valence-electron chi connectivity index (χ3n) is 14.0. The van der Waals surface area contributed by atoms with E-state index in [1.807, 2.05) is 32.2 Å². The Hall–Kier alpha value is -2.71. The van der Waals surface area contributed by atoms with Gasteiger partial charge >= 0.3 is 0 Å². The molecule has 2 aliphatic carbocycles. The van der Waals surface area contributed by atoms with E-state index in [2.05, 4.69) is 43.7 Å². The van der Waals surface area contributed by atoms with Crippen molar-refractivity contribution >= 4 is 33.2 Å². The van der Waals surface area contributed by atoms with E-state index in [9.17, 15) is 13.2 Å². The molecular formula is C43H59ClN4O7S. The molecule has 7 atom stereocenters. The Morgan fingerprint density at radius 2 is 1.95 bits per heavy atom. The van der Waals surface area contributed by atoms with Gasteiger partial charge in [0, 0.05) is 88.7 Å². The number of carbonyl (C=O) groups is 1. The zero-order valence-corrected chi connectivity index (χ0v) is 34.8. The fraction of sp³-hybridized carbons (Fsp3) is 0.651. The number of aryl methyl sites for hydroxylation is 1. The number of carbonyl (C=O) groups excluding carboxylic acids is 1. The molecule has 0 radical (unpaired) electrons. The van der Waals surface area contributed by atoms with Gasteiger partial charge < -0.3 is 23.8 Å². The molecule has 56 heavy (non-hydrogen) atoms. The number of sulfonamides is 1. The van der Waals surface area contributed by atoms with Crippen molar-refractivity contribution in [3.05, 3.63) is 70.3 Å². The Balaban J connectivity index is 1.20. The smallest absolute Gasteiger partial charge is 0.264 e. The summed E-state index contributed by atoms with van der Waals surface area (Å²) in [5.74, 6) is 0.331. The normalized spacial score (nSPS) is 34.2. The number of ether oxygens (including phenoxy) is 4. The third kappa shape index (κ3) is 7.88. The molecule has 1 spiro atoms. The van der Waals surface area contributed by atoms with Gasteiger partial charge in [0.1, 0.15) is 11.4 Å². The predicted octanol–water partition coefficient (Wildman–Crippen LogP) is 5.30. The van der Waals surface area contributed by atoms with Crippen molar-refractivity contribution < 1.29 is 32.2 Å². The maximum atomic E-state index is 14.1. The van der Waals surface area contributed by atoms with Gasteiger partial charge in [0.2, 0.25) is 10.0 Å². The van der Waals surface area contributed by atoms with Crippen LogP contribution in [-0.2, 0) is 36.1 Å². The van der Waals surface area contributed by atoms with Gasteiger partial charge in [0.15, 0.2) is 0 Å². The van der Waals surface area contributed by atoms with Gasteiger partial charge in [0.25, 0.3) is 5.91 Å². The van der Waals surface area contributed by atoms with Crippen molar-refractivity contribution in [2.75, 3.05) is 91.4 Å². The van der Waals surface area contributed by atoms with Crippen molar-refractivity contribution in [1.82, 2.24) is 14.5 Å². The summed E-state index contributed by atoms with van der Waals surface area (Å²) in [5, 5.41) is -0.0936. The number of piperazine rings is 1. The molecule has 0 aromatic heterocycles. The van der Waals surface area contributed by atoms with Crippen molar-refractivity contribution in [2.24, 2.45) is 17.8 Å². The summed E-state index contributed by atoms with van der Waals surface area (Å²) in [6.45, 7) is 10.3. The molecule has 1 N–H and O–H groups in total. The molecule has 2 aromatic rings. The zero-order chi connectivity index (χ0) is 39.1. The Morgan fingerprint density at radius 1 is 1.07 bits per heavy atom. The number of benzene rings is 2. The van der Waals surface area contributed by atoms with E-state index in [0.29, 0.717) is 42.8 Å². The van der Waals surface area contributed by atoms with E-state index < -0.39 is 26.8 Å². The minimum absolute atomic E-state index is 0.230. The van der Waals surface area contributed by atoms with E-state index in [4.69, 9.17) is 30.5 Å². The summed E-state index contributed by atoms with van der Waals surface area (Å²) in [6, 6.07) is 12.0. The number of rotatable bonds is 6. The summed E-state index contributed by atoms with van der Waals surface area (Å²) in [5.41, 5.74) is 2.79. The molecule has 4 aliphatic heterocycles. The van der Waals surface area contributed by atoms with Crippen LogP contribution in [0.1, 0.15) is 66.9 Å². The highest BCUT2D eigenvalue weighted by Gasteiger charge is 2.50. The largest absolute Gasteiger partial charge is 0.490 e. The Morgan fingerprint density at radius 3 is 2.75 bits per heavy atom. The second-order valence-electron chi connectivity index (χ2n) is 17.3. The highest BCUT2D eigenvalue weighted by Crippen LogP contribution is 2.49. The lowest BCUT2D eigenvalue weighted by molar-refractivity contribution is -0.108. The number of morpholine rings is 1. The van der Waals surface area contributed by atoms with E-state index in [1.165, 1.54) is 11.1 Å². The van der Waals surface area contributed by atoms with Crippen LogP contribution in [0.5, 0.6) is 5.75 Å². The number of methoxy groups -OCH3 is 2. The molecule has 8 rings (SSSR count). The van der Waals surface area contributed by atoms with E-state index in [1.54, 1.807) is 13.2 Å². The van der Waals surface area contributed by atoms with Crippen LogP contribution in [0.4, 0.5) is 5.69 Å². The quantitative estimate of drug-likeness (QED) is 0.387. The second kappa shape index (κ2) is 16.5. The van der Waals surface area contributed by atoms with Gasteiger partial charge in [-0.2, -0.15) is 0 Å². The summed E-state index contributed by atoms with van der Waals surface area (Å²) < 4.78 is 55.4. The summed E-state index contributed by atoms with van der Waals surface area (Å²) in [7, 11) is -0.652. The molecule has 13 heteroatoms. The zero-order valence-electron chi connectivity index (χ0n) is 33.2. The Bertz CT molecular complexity index is 1900. The van der Waals surface area contributed by atoms with Crippen LogP contribution in [0.3, 0.4) is 0 Å². The number of hydrogen-bond acceptors (Lipinski definition) is 10. The molecule has 11 nitrogen and oxygen atoms in total. The van der Waals surface area contributed by atoms with Crippen LogP contribution >= 0.6 is 11.6 Å². The summed E-state index contributed by atoms with van der Waals surface area (Å²) >= 11 is 6.53. The van der Waals surface area contributed by atoms with Gasteiger partial charge in [0.05, 0.1) is 30.8 Å². The molecule has 6 aliphatic rings. The average Bonchev–Trinajstić information content (AvgIpc) is 3.32. The predicted molar refractivity (Wildman–Crippen MR) is 218 cm³/mol. The van der Waals surface area contributed by atoms with Crippen molar-refractivity contribution in [1.29, 1.82) is 0 Å². The van der Waals surface area contributed by atoms with Crippen LogP contribution in [0.2, 0.25) is 5.02 Å². The first-order valence-corrected chi connectivity index (χ1v) is 22.6. The number of nitrogens with one attached hydrogen (secondary N) is 1. The third-order valence-corrected chi connectivity index (χ3v) is 16.2. The number of halogens is 1. The molecule has 0 unspecified atom stereocenters. The molecule has 306 valence electrons. The lowest BCUT2D eigenvalue weighted by Gasteiger charge is -2.53. The number of fused-ring (bicyclic) bond motifs is 5. The monoisotopic (exact) mass is 810 g/mol. The van der Waals surface area contributed by atoms with E-state index in [0.717, 1.165) is 95.3 Å². The van der Waals surface area contributed by atoms with E-state index >= 15 is 0 Å². The van der Waals surface area contributed by atoms with Crippen molar-refractivity contribution in [3.8, 4) is 5.75 Å². The lowest BCUT2D eigenvalue weighted by atomic mass is 9.63. The number of hydrogen-bond donors (Lipinski definition) is 1. The SMILES string of the molecule is COCC[C@@H]1[C@@H](C)C/C=C\[C@](CN2CCN3CCOC[C@@H]3C2)(OC)[C@@H]2CC[C@H]2CN2C[C@@]3(CCCc4cc(Cl)ccc43)COc3ccc(cc32)C(=O)NS1(=O)=O. The number of nitrogens with zero attached hydrogens (tertiary/aromatic N) is 3. The van der Waals surface area contributed by atoms with Gasteiger partial charge in [-0.3, -0.25) is 14.6 Å². The first-order chi connectivity index (χ1) is 27.0. The first kappa shape index (κ1) is 40.1. The Kier molecular flexibility index (Phi) is 11.8. The minimum Gasteiger partial charge on any atom is -0.490 e. The summed E-state index contributed by atoms with van der Waals surface area (Å²) in [4.78, 5) is 21.5. The van der Waals surface area contributed by atoms with Gasteiger partial charge in [-0.25, -0.2) is 13.1 Å². The molecular weight excluding hydrogens is 752 g/mol. The number of amides is 1. The topological polar surface area (TPSA) is 110 Å². The van der Waals surface area contributed by atoms with Crippen LogP contribution in [0.15, 0.2) is 48.6 Å². The van der Waals surface area contributed by atoms with Crippen molar-refractivity contribution in [2.45, 2.75) is 74.2 Å². The molecule has 2 bridgehead atoms. The summed E-state index contributed by atoms with van der Waals surface area (Å²) in [6.07, 6.45) is 10.2. The Labute approximate surface area is 338 Å². The molecule has 2 aromatic carbocycles. The number of anilines is 1. The van der Waals surface area contributed by atoms with Crippen LogP contribution in [0.25, 0.3) is 0 Å². The first-order valence-electron chi connectivity index (χ1n) is 20.7. The fourth-order valence-electron chi connectivity index (χ4n) is 10.7. The molecule has 1 saturated carbocycles. The van der Waals surface area contributed by atoms with Crippen LogP contribution < -0.4 is 14.4 Å². The van der Waals surface area contributed by atoms with Crippen LogP contribution in [0, 0.1) is 17.8 Å². The van der Waals surface area contributed by atoms with Gasteiger partial charge in [-0.15, -0.1) is 0 Å². The van der Waals surface area contributed by atoms with Gasteiger partial charge in [-0.1, -0.05) is 36.7 Å². The molecule has 2 saturated heterocycles.